The molecule has 0 atom stereocenters. The molecule has 0 bridgehead atoms. The number of hydrogen-bond donors (Lipinski definition) is 0. The second-order valence-electron chi connectivity index (χ2n) is 5.76. The van der Waals surface area contributed by atoms with Gasteiger partial charge in [-0.05, 0) is 48.8 Å². The van der Waals surface area contributed by atoms with Gasteiger partial charge in [0, 0.05) is 28.7 Å². The van der Waals surface area contributed by atoms with Gasteiger partial charge in [0.1, 0.15) is 5.82 Å². The number of halogens is 1. The van der Waals surface area contributed by atoms with Crippen molar-refractivity contribution >= 4 is 21.4 Å². The van der Waals surface area contributed by atoms with Gasteiger partial charge in [0.2, 0.25) is 0 Å². The van der Waals surface area contributed by atoms with Gasteiger partial charge < -0.3 is 0 Å². The Morgan fingerprint density at radius 1 is 1.16 bits per heavy atom. The van der Waals surface area contributed by atoms with Crippen LogP contribution in [0.15, 0.2) is 18.2 Å². The molecule has 19 heavy (non-hydrogen) atoms. The Morgan fingerprint density at radius 3 is 2.79 bits per heavy atom. The molecule has 0 saturated heterocycles. The second-order valence-corrected chi connectivity index (χ2v) is 6.90. The molecule has 1 nitrogen and oxygen atoms in total. The normalized spacial score (nSPS) is 21.1. The van der Waals surface area contributed by atoms with E-state index >= 15 is 0 Å². The minimum atomic E-state index is -0.111. The fraction of sp³-hybridized carbons (Fsp3) is 0.500. The van der Waals surface area contributed by atoms with Crippen molar-refractivity contribution in [3.05, 3.63) is 34.5 Å². The number of hydrogen-bond acceptors (Lipinski definition) is 2. The number of nitrogens with zero attached hydrogens (tertiary/aromatic N) is 1. The molecule has 0 unspecified atom stereocenters. The summed E-state index contributed by atoms with van der Waals surface area (Å²) in [5, 5.41) is 1.29. The Bertz CT molecular complexity index is 614. The first kappa shape index (κ1) is 11.9. The molecule has 1 aromatic heterocycles. The topological polar surface area (TPSA) is 3.24 Å². The Kier molecular flexibility index (Phi) is 2.85. The molecule has 1 saturated carbocycles. The monoisotopic (exact) mass is 275 g/mol. The van der Waals surface area contributed by atoms with Crippen LogP contribution in [0.4, 0.5) is 4.39 Å². The van der Waals surface area contributed by atoms with Crippen LogP contribution >= 0.6 is 11.3 Å². The summed E-state index contributed by atoms with van der Waals surface area (Å²) in [6.45, 7) is 2.37. The standard InChI is InChI=1S/C16H18FNS/c17-11-4-5-13-14-6-8-18(12-2-1-3-12)9-7-15(14)19-16(13)10-11/h4-5,10,12H,1-3,6-9H2. The van der Waals surface area contributed by atoms with Crippen LogP contribution in [0.5, 0.6) is 0 Å². The highest BCUT2D eigenvalue weighted by atomic mass is 32.1. The lowest BCUT2D eigenvalue weighted by molar-refractivity contribution is 0.133. The Labute approximate surface area is 117 Å². The summed E-state index contributed by atoms with van der Waals surface area (Å²) in [5.74, 6) is -0.111. The van der Waals surface area contributed by atoms with E-state index in [-0.39, 0.29) is 5.82 Å². The summed E-state index contributed by atoms with van der Waals surface area (Å²) in [6, 6.07) is 6.11. The van der Waals surface area contributed by atoms with Gasteiger partial charge in [-0.3, -0.25) is 4.90 Å². The summed E-state index contributed by atoms with van der Waals surface area (Å²) < 4.78 is 14.4. The van der Waals surface area contributed by atoms with Crippen LogP contribution in [0.25, 0.3) is 10.1 Å². The number of thiophene rings is 1. The van der Waals surface area contributed by atoms with Crippen LogP contribution in [0.3, 0.4) is 0 Å². The molecule has 0 N–H and O–H groups in total. The first-order valence-electron chi connectivity index (χ1n) is 7.25. The fourth-order valence-corrected chi connectivity index (χ4v) is 4.65. The molecular formula is C16H18FNS. The van der Waals surface area contributed by atoms with Gasteiger partial charge in [0.05, 0.1) is 0 Å². The predicted molar refractivity (Wildman–Crippen MR) is 78.4 cm³/mol. The van der Waals surface area contributed by atoms with Crippen LogP contribution < -0.4 is 0 Å². The molecule has 3 heteroatoms. The molecule has 0 radical (unpaired) electrons. The molecule has 4 rings (SSSR count). The quantitative estimate of drug-likeness (QED) is 0.760. The minimum absolute atomic E-state index is 0.111. The zero-order valence-electron chi connectivity index (χ0n) is 11.0. The maximum atomic E-state index is 13.3. The van der Waals surface area contributed by atoms with Gasteiger partial charge >= 0.3 is 0 Å². The average molecular weight is 275 g/mol. The zero-order valence-corrected chi connectivity index (χ0v) is 11.8. The van der Waals surface area contributed by atoms with Crippen LogP contribution in [-0.2, 0) is 12.8 Å². The van der Waals surface area contributed by atoms with Crippen molar-refractivity contribution < 1.29 is 4.39 Å². The van der Waals surface area contributed by atoms with Gasteiger partial charge in [-0.15, -0.1) is 11.3 Å². The average Bonchev–Trinajstić information content (AvgIpc) is 2.54. The number of fused-ring (bicyclic) bond motifs is 3. The SMILES string of the molecule is Fc1ccc2c3c(sc2c1)CCN(C1CCC1)CC3. The molecule has 2 aliphatic rings. The number of rotatable bonds is 1. The highest BCUT2D eigenvalue weighted by Crippen LogP contribution is 2.35. The molecule has 100 valence electrons. The van der Waals surface area contributed by atoms with E-state index in [1.807, 2.05) is 6.07 Å². The summed E-state index contributed by atoms with van der Waals surface area (Å²) in [7, 11) is 0. The van der Waals surface area contributed by atoms with Crippen molar-refractivity contribution in [2.45, 2.75) is 38.1 Å². The lowest BCUT2D eigenvalue weighted by atomic mass is 9.91. The van der Waals surface area contributed by atoms with Crippen LogP contribution in [0.2, 0.25) is 0 Å². The first-order valence-corrected chi connectivity index (χ1v) is 8.07. The third-order valence-corrected chi connectivity index (χ3v) is 5.96. The van der Waals surface area contributed by atoms with E-state index in [0.717, 1.165) is 23.6 Å². The van der Waals surface area contributed by atoms with Crippen molar-refractivity contribution in [2.24, 2.45) is 0 Å². The highest BCUT2D eigenvalue weighted by Gasteiger charge is 2.27. The van der Waals surface area contributed by atoms with Crippen molar-refractivity contribution in [1.29, 1.82) is 0 Å². The van der Waals surface area contributed by atoms with Crippen LogP contribution in [-0.4, -0.2) is 24.0 Å². The molecule has 1 fully saturated rings. The van der Waals surface area contributed by atoms with E-state index in [1.165, 1.54) is 48.2 Å². The predicted octanol–water partition coefficient (Wildman–Crippen LogP) is 3.99. The number of benzene rings is 1. The van der Waals surface area contributed by atoms with Gasteiger partial charge in [0.25, 0.3) is 0 Å². The van der Waals surface area contributed by atoms with E-state index < -0.39 is 0 Å². The molecule has 1 aromatic carbocycles. The van der Waals surface area contributed by atoms with Gasteiger partial charge in [-0.1, -0.05) is 12.5 Å². The summed E-state index contributed by atoms with van der Waals surface area (Å²) >= 11 is 1.80. The molecule has 1 aliphatic heterocycles. The van der Waals surface area contributed by atoms with Gasteiger partial charge in [-0.25, -0.2) is 4.39 Å². The molecule has 2 aromatic rings. The van der Waals surface area contributed by atoms with Gasteiger partial charge in [-0.2, -0.15) is 0 Å². The van der Waals surface area contributed by atoms with Crippen molar-refractivity contribution in [1.82, 2.24) is 4.90 Å². The minimum Gasteiger partial charge on any atom is -0.300 e. The summed E-state index contributed by atoms with van der Waals surface area (Å²) in [6.07, 6.45) is 6.47. The maximum absolute atomic E-state index is 13.3. The van der Waals surface area contributed by atoms with E-state index in [4.69, 9.17) is 0 Å². The summed E-state index contributed by atoms with van der Waals surface area (Å²) in [4.78, 5) is 4.16. The Hall–Kier alpha value is -0.930. The van der Waals surface area contributed by atoms with Crippen molar-refractivity contribution in [3.8, 4) is 0 Å². The zero-order chi connectivity index (χ0) is 12.8. The second kappa shape index (κ2) is 4.57. The largest absolute Gasteiger partial charge is 0.300 e. The van der Waals surface area contributed by atoms with Crippen LogP contribution in [0.1, 0.15) is 29.7 Å². The molecule has 2 heterocycles. The molecule has 0 spiro atoms. The maximum Gasteiger partial charge on any atom is 0.124 e. The molecule has 1 aliphatic carbocycles. The van der Waals surface area contributed by atoms with Crippen LogP contribution in [0, 0.1) is 5.82 Å². The third-order valence-electron chi connectivity index (χ3n) is 4.70. The lowest BCUT2D eigenvalue weighted by Crippen LogP contribution is -2.41. The third kappa shape index (κ3) is 2.00. The van der Waals surface area contributed by atoms with Crippen molar-refractivity contribution in [2.75, 3.05) is 13.1 Å². The highest BCUT2D eigenvalue weighted by molar-refractivity contribution is 7.19. The fourth-order valence-electron chi connectivity index (χ4n) is 3.38. The first-order chi connectivity index (χ1) is 9.31. The van der Waals surface area contributed by atoms with E-state index in [1.54, 1.807) is 23.5 Å². The molecule has 0 amide bonds. The summed E-state index contributed by atoms with van der Waals surface area (Å²) in [5.41, 5.74) is 1.49. The van der Waals surface area contributed by atoms with E-state index in [9.17, 15) is 4.39 Å². The lowest BCUT2D eigenvalue weighted by Gasteiger charge is -2.36. The van der Waals surface area contributed by atoms with E-state index in [2.05, 4.69) is 4.90 Å². The smallest absolute Gasteiger partial charge is 0.124 e. The molecular weight excluding hydrogens is 257 g/mol. The Balaban J connectivity index is 1.66. The van der Waals surface area contributed by atoms with E-state index in [0.29, 0.717) is 0 Å². The Morgan fingerprint density at radius 2 is 2.00 bits per heavy atom. The van der Waals surface area contributed by atoms with Gasteiger partial charge in [0.15, 0.2) is 0 Å². The van der Waals surface area contributed by atoms with Crippen molar-refractivity contribution in [3.63, 3.8) is 0 Å².